The second-order valence-corrected chi connectivity index (χ2v) is 5.80. The lowest BCUT2D eigenvalue weighted by Gasteiger charge is -2.32. The van der Waals surface area contributed by atoms with E-state index in [1.807, 2.05) is 40.7 Å². The first-order valence-electron chi connectivity index (χ1n) is 6.83. The first-order chi connectivity index (χ1) is 9.30. The predicted molar refractivity (Wildman–Crippen MR) is 77.7 cm³/mol. The molecule has 0 amide bonds. The molecular formula is C14H22BNO4. The van der Waals surface area contributed by atoms with Gasteiger partial charge >= 0.3 is 7.12 Å². The van der Waals surface area contributed by atoms with Crippen LogP contribution >= 0.6 is 0 Å². The molecule has 0 atom stereocenters. The van der Waals surface area contributed by atoms with Gasteiger partial charge in [0.25, 0.3) is 5.88 Å². The first-order valence-corrected chi connectivity index (χ1v) is 6.83. The van der Waals surface area contributed by atoms with E-state index < -0.39 is 7.12 Å². The van der Waals surface area contributed by atoms with E-state index in [0.29, 0.717) is 18.2 Å². The van der Waals surface area contributed by atoms with Gasteiger partial charge in [-0.05, 0) is 40.7 Å². The quantitative estimate of drug-likeness (QED) is 0.786. The molecule has 1 aromatic heterocycles. The Labute approximate surface area is 120 Å². The fourth-order valence-corrected chi connectivity index (χ4v) is 1.97. The average Bonchev–Trinajstić information content (AvgIpc) is 2.59. The molecule has 0 N–H and O–H groups in total. The second-order valence-electron chi connectivity index (χ2n) is 5.80. The number of nitrogens with zero attached hydrogens (tertiary/aromatic N) is 1. The van der Waals surface area contributed by atoms with E-state index in [4.69, 9.17) is 18.8 Å². The second kappa shape index (κ2) is 5.26. The number of methoxy groups -OCH3 is 1. The van der Waals surface area contributed by atoms with Crippen LogP contribution in [0.15, 0.2) is 12.3 Å². The van der Waals surface area contributed by atoms with Crippen LogP contribution < -0.4 is 14.9 Å². The number of hydrogen-bond acceptors (Lipinski definition) is 5. The van der Waals surface area contributed by atoms with Crippen molar-refractivity contribution >= 4 is 12.6 Å². The molecule has 20 heavy (non-hydrogen) atoms. The van der Waals surface area contributed by atoms with Crippen molar-refractivity contribution in [2.45, 2.75) is 45.8 Å². The zero-order chi connectivity index (χ0) is 15.0. The number of pyridine rings is 1. The van der Waals surface area contributed by atoms with E-state index in [-0.39, 0.29) is 11.2 Å². The Hall–Kier alpha value is -1.27. The topological polar surface area (TPSA) is 49.8 Å². The minimum Gasteiger partial charge on any atom is -0.488 e. The third kappa shape index (κ3) is 2.62. The maximum atomic E-state index is 6.00. The normalized spacial score (nSPS) is 20.0. The number of aromatic nitrogens is 1. The molecule has 0 saturated carbocycles. The molecule has 110 valence electrons. The van der Waals surface area contributed by atoms with Gasteiger partial charge in [-0.25, -0.2) is 4.98 Å². The molecular weight excluding hydrogens is 257 g/mol. The number of hydrogen-bond donors (Lipinski definition) is 0. The van der Waals surface area contributed by atoms with Crippen molar-refractivity contribution in [3.05, 3.63) is 12.3 Å². The van der Waals surface area contributed by atoms with Gasteiger partial charge in [0.1, 0.15) is 0 Å². The SMILES string of the molecule is CCOc1cc(B2OC(C)(C)C(C)(C)O2)cnc1OC. The van der Waals surface area contributed by atoms with Gasteiger partial charge in [-0.15, -0.1) is 0 Å². The third-order valence-electron chi connectivity index (χ3n) is 3.86. The highest BCUT2D eigenvalue weighted by Crippen LogP contribution is 2.36. The van der Waals surface area contributed by atoms with E-state index in [1.54, 1.807) is 13.3 Å². The molecule has 1 fully saturated rings. The summed E-state index contributed by atoms with van der Waals surface area (Å²) < 4.78 is 22.7. The molecule has 0 radical (unpaired) electrons. The van der Waals surface area contributed by atoms with Gasteiger partial charge in [0, 0.05) is 11.7 Å². The van der Waals surface area contributed by atoms with E-state index in [2.05, 4.69) is 4.98 Å². The van der Waals surface area contributed by atoms with Crippen molar-refractivity contribution < 1.29 is 18.8 Å². The van der Waals surface area contributed by atoms with Gasteiger partial charge in [0.15, 0.2) is 5.75 Å². The minimum atomic E-state index is -0.447. The van der Waals surface area contributed by atoms with E-state index in [0.717, 1.165) is 5.46 Å². The van der Waals surface area contributed by atoms with Crippen LogP contribution in [-0.4, -0.2) is 37.0 Å². The summed E-state index contributed by atoms with van der Waals surface area (Å²) in [6, 6.07) is 1.86. The summed E-state index contributed by atoms with van der Waals surface area (Å²) in [5.74, 6) is 1.06. The van der Waals surface area contributed by atoms with Gasteiger partial charge in [0.2, 0.25) is 0 Å². The van der Waals surface area contributed by atoms with E-state index >= 15 is 0 Å². The maximum absolute atomic E-state index is 6.00. The lowest BCUT2D eigenvalue weighted by molar-refractivity contribution is 0.00578. The summed E-state index contributed by atoms with van der Waals surface area (Å²) in [5, 5.41) is 0. The molecule has 0 unspecified atom stereocenters. The molecule has 1 aromatic rings. The molecule has 6 heteroatoms. The van der Waals surface area contributed by atoms with Gasteiger partial charge in [-0.2, -0.15) is 0 Å². The highest BCUT2D eigenvalue weighted by atomic mass is 16.7. The smallest absolute Gasteiger partial charge is 0.488 e. The van der Waals surface area contributed by atoms with Crippen LogP contribution in [0.4, 0.5) is 0 Å². The highest BCUT2D eigenvalue weighted by Gasteiger charge is 2.52. The first kappa shape index (κ1) is 15.1. The van der Waals surface area contributed by atoms with Gasteiger partial charge in [-0.3, -0.25) is 0 Å². The fraction of sp³-hybridized carbons (Fsp3) is 0.643. The molecule has 0 bridgehead atoms. The van der Waals surface area contributed by atoms with Crippen molar-refractivity contribution in [1.29, 1.82) is 0 Å². The maximum Gasteiger partial charge on any atom is 0.496 e. The predicted octanol–water partition coefficient (Wildman–Crippen LogP) is 1.79. The molecule has 0 aliphatic carbocycles. The highest BCUT2D eigenvalue weighted by molar-refractivity contribution is 6.62. The Kier molecular flexibility index (Phi) is 3.98. The molecule has 0 spiro atoms. The van der Waals surface area contributed by atoms with Crippen LogP contribution in [0.1, 0.15) is 34.6 Å². The van der Waals surface area contributed by atoms with Crippen molar-refractivity contribution in [3.8, 4) is 11.6 Å². The zero-order valence-electron chi connectivity index (χ0n) is 13.0. The van der Waals surface area contributed by atoms with Gasteiger partial charge < -0.3 is 18.8 Å². The molecule has 1 aliphatic heterocycles. The third-order valence-corrected chi connectivity index (χ3v) is 3.86. The Morgan fingerprint density at radius 2 is 1.80 bits per heavy atom. The molecule has 2 rings (SSSR count). The summed E-state index contributed by atoms with van der Waals surface area (Å²) in [6.07, 6.45) is 1.70. The lowest BCUT2D eigenvalue weighted by atomic mass is 9.80. The fourth-order valence-electron chi connectivity index (χ4n) is 1.97. The number of rotatable bonds is 4. The monoisotopic (exact) mass is 279 g/mol. The van der Waals surface area contributed by atoms with Crippen molar-refractivity contribution in [1.82, 2.24) is 4.98 Å². The summed E-state index contributed by atoms with van der Waals surface area (Å²) in [5.41, 5.74) is 0.0834. The largest absolute Gasteiger partial charge is 0.496 e. The lowest BCUT2D eigenvalue weighted by Crippen LogP contribution is -2.41. The zero-order valence-corrected chi connectivity index (χ0v) is 13.0. The minimum absolute atomic E-state index is 0.372. The van der Waals surface area contributed by atoms with Crippen LogP contribution in [0.2, 0.25) is 0 Å². The molecule has 1 aliphatic rings. The molecule has 2 heterocycles. The van der Waals surface area contributed by atoms with Crippen molar-refractivity contribution in [2.24, 2.45) is 0 Å². The average molecular weight is 279 g/mol. The van der Waals surface area contributed by atoms with E-state index in [9.17, 15) is 0 Å². The van der Waals surface area contributed by atoms with Crippen LogP contribution in [0.3, 0.4) is 0 Å². The number of ether oxygens (including phenoxy) is 2. The molecule has 5 nitrogen and oxygen atoms in total. The van der Waals surface area contributed by atoms with Crippen LogP contribution in [0.5, 0.6) is 11.6 Å². The van der Waals surface area contributed by atoms with Crippen molar-refractivity contribution in [2.75, 3.05) is 13.7 Å². The van der Waals surface area contributed by atoms with Gasteiger partial charge in [-0.1, -0.05) is 0 Å². The van der Waals surface area contributed by atoms with E-state index in [1.165, 1.54) is 0 Å². The summed E-state index contributed by atoms with van der Waals surface area (Å²) in [6.45, 7) is 10.5. The summed E-state index contributed by atoms with van der Waals surface area (Å²) >= 11 is 0. The summed E-state index contributed by atoms with van der Waals surface area (Å²) in [4.78, 5) is 4.25. The molecule has 1 saturated heterocycles. The van der Waals surface area contributed by atoms with Crippen LogP contribution in [0, 0.1) is 0 Å². The van der Waals surface area contributed by atoms with Crippen molar-refractivity contribution in [3.63, 3.8) is 0 Å². The molecule has 0 aromatic carbocycles. The van der Waals surface area contributed by atoms with Gasteiger partial charge in [0.05, 0.1) is 24.9 Å². The Balaban J connectivity index is 2.29. The van der Waals surface area contributed by atoms with Crippen LogP contribution in [0.25, 0.3) is 0 Å². The Morgan fingerprint density at radius 3 is 2.30 bits per heavy atom. The standard InChI is InChI=1S/C14H22BNO4/c1-7-18-11-8-10(9-16-12(11)17-6)15-19-13(2,3)14(4,5)20-15/h8-9H,7H2,1-6H3. The summed E-state index contributed by atoms with van der Waals surface area (Å²) in [7, 11) is 1.12. The van der Waals surface area contributed by atoms with Crippen LogP contribution in [-0.2, 0) is 9.31 Å². The Bertz CT molecular complexity index is 474. The Morgan fingerprint density at radius 1 is 1.20 bits per heavy atom.